The normalized spacial score (nSPS) is 16.4. The summed E-state index contributed by atoms with van der Waals surface area (Å²) in [5, 5.41) is 25.6. The summed E-state index contributed by atoms with van der Waals surface area (Å²) >= 11 is 0. The monoisotopic (exact) mass is 148 g/mol. The minimum atomic E-state index is -1.24. The maximum absolute atomic E-state index is 10.5. The molecule has 0 radical (unpaired) electrons. The van der Waals surface area contributed by atoms with Crippen molar-refractivity contribution in [2.75, 3.05) is 13.2 Å². The molecule has 0 fully saturated rings. The second-order valence-corrected chi connectivity index (χ2v) is 2.23. The first-order valence-electron chi connectivity index (χ1n) is 3.06. The molecule has 0 bridgehead atoms. The SMILES string of the molecule is CC(CO)C(O)C(=O)CO. The van der Waals surface area contributed by atoms with Crippen LogP contribution in [0.25, 0.3) is 0 Å². The summed E-state index contributed by atoms with van der Waals surface area (Å²) in [5.41, 5.74) is 0. The van der Waals surface area contributed by atoms with Crippen LogP contribution in [-0.2, 0) is 4.79 Å². The number of rotatable bonds is 4. The molecular weight excluding hydrogens is 136 g/mol. The lowest BCUT2D eigenvalue weighted by molar-refractivity contribution is -0.133. The van der Waals surface area contributed by atoms with E-state index in [1.165, 1.54) is 6.92 Å². The smallest absolute Gasteiger partial charge is 0.186 e. The molecule has 0 aliphatic carbocycles. The third kappa shape index (κ3) is 2.43. The van der Waals surface area contributed by atoms with Crippen molar-refractivity contribution in [3.8, 4) is 0 Å². The van der Waals surface area contributed by atoms with Gasteiger partial charge in [-0.05, 0) is 0 Å². The topological polar surface area (TPSA) is 77.8 Å². The van der Waals surface area contributed by atoms with Crippen molar-refractivity contribution in [2.24, 2.45) is 5.92 Å². The fourth-order valence-corrected chi connectivity index (χ4v) is 0.511. The first kappa shape index (κ1) is 9.55. The zero-order valence-corrected chi connectivity index (χ0v) is 5.82. The van der Waals surface area contributed by atoms with E-state index >= 15 is 0 Å². The molecule has 0 aromatic carbocycles. The fraction of sp³-hybridized carbons (Fsp3) is 0.833. The summed E-state index contributed by atoms with van der Waals surface area (Å²) in [6.45, 7) is 0.594. The van der Waals surface area contributed by atoms with Crippen LogP contribution in [0.5, 0.6) is 0 Å². The van der Waals surface area contributed by atoms with E-state index in [1.807, 2.05) is 0 Å². The standard InChI is InChI=1S/C6H12O4/c1-4(2-7)6(10)5(9)3-8/h4,6-8,10H,2-3H2,1H3. The highest BCUT2D eigenvalue weighted by Gasteiger charge is 2.20. The molecule has 0 spiro atoms. The molecule has 2 unspecified atom stereocenters. The first-order chi connectivity index (χ1) is 4.63. The van der Waals surface area contributed by atoms with Gasteiger partial charge in [-0.25, -0.2) is 0 Å². The molecule has 3 N–H and O–H groups in total. The van der Waals surface area contributed by atoms with Gasteiger partial charge in [-0.15, -0.1) is 0 Å². The van der Waals surface area contributed by atoms with Gasteiger partial charge in [0.1, 0.15) is 12.7 Å². The number of aliphatic hydroxyl groups is 3. The van der Waals surface area contributed by atoms with Crippen molar-refractivity contribution in [3.05, 3.63) is 0 Å². The third-order valence-electron chi connectivity index (χ3n) is 1.31. The Kier molecular flexibility index (Phi) is 4.18. The van der Waals surface area contributed by atoms with Crippen molar-refractivity contribution >= 4 is 5.78 Å². The van der Waals surface area contributed by atoms with Crippen molar-refractivity contribution in [3.63, 3.8) is 0 Å². The Balaban J connectivity index is 3.81. The van der Waals surface area contributed by atoms with Gasteiger partial charge in [0.15, 0.2) is 5.78 Å². The molecule has 0 aromatic rings. The van der Waals surface area contributed by atoms with Crippen LogP contribution in [0.1, 0.15) is 6.92 Å². The Morgan fingerprint density at radius 3 is 2.30 bits per heavy atom. The van der Waals surface area contributed by atoms with Gasteiger partial charge in [-0.1, -0.05) is 6.92 Å². The molecule has 4 heteroatoms. The minimum absolute atomic E-state index is 0.257. The number of carbonyl (C=O) groups excluding carboxylic acids is 1. The Bertz CT molecular complexity index is 112. The van der Waals surface area contributed by atoms with Gasteiger partial charge < -0.3 is 15.3 Å². The zero-order valence-electron chi connectivity index (χ0n) is 5.82. The number of aliphatic hydroxyl groups excluding tert-OH is 3. The molecule has 0 saturated heterocycles. The Morgan fingerprint density at radius 2 is 2.00 bits per heavy atom. The number of carbonyl (C=O) groups is 1. The molecular formula is C6H12O4. The first-order valence-corrected chi connectivity index (χ1v) is 3.06. The highest BCUT2D eigenvalue weighted by atomic mass is 16.3. The van der Waals surface area contributed by atoms with Gasteiger partial charge in [0.25, 0.3) is 0 Å². The van der Waals surface area contributed by atoms with Crippen molar-refractivity contribution in [1.82, 2.24) is 0 Å². The molecule has 10 heavy (non-hydrogen) atoms. The minimum Gasteiger partial charge on any atom is -0.396 e. The maximum Gasteiger partial charge on any atom is 0.186 e. The second kappa shape index (κ2) is 4.38. The van der Waals surface area contributed by atoms with E-state index in [1.54, 1.807) is 0 Å². The number of Topliss-reactive ketones (excluding diaryl/α,β-unsaturated/α-hetero) is 1. The van der Waals surface area contributed by atoms with Gasteiger partial charge in [0.2, 0.25) is 0 Å². The van der Waals surface area contributed by atoms with Gasteiger partial charge in [0.05, 0.1) is 0 Å². The average molecular weight is 148 g/mol. The summed E-state index contributed by atoms with van der Waals surface area (Å²) < 4.78 is 0. The molecule has 0 saturated carbocycles. The van der Waals surface area contributed by atoms with Crippen molar-refractivity contribution in [1.29, 1.82) is 0 Å². The highest BCUT2D eigenvalue weighted by Crippen LogP contribution is 2.01. The van der Waals surface area contributed by atoms with Crippen LogP contribution in [0, 0.1) is 5.92 Å². The van der Waals surface area contributed by atoms with Crippen LogP contribution < -0.4 is 0 Å². The third-order valence-corrected chi connectivity index (χ3v) is 1.31. The van der Waals surface area contributed by atoms with Crippen molar-refractivity contribution in [2.45, 2.75) is 13.0 Å². The predicted molar refractivity (Wildman–Crippen MR) is 34.3 cm³/mol. The van der Waals surface area contributed by atoms with Crippen molar-refractivity contribution < 1.29 is 20.1 Å². The van der Waals surface area contributed by atoms with Crippen LogP contribution >= 0.6 is 0 Å². The van der Waals surface area contributed by atoms with Gasteiger partial charge in [0, 0.05) is 12.5 Å². The fourth-order valence-electron chi connectivity index (χ4n) is 0.511. The van der Waals surface area contributed by atoms with Gasteiger partial charge >= 0.3 is 0 Å². The van der Waals surface area contributed by atoms with Gasteiger partial charge in [-0.2, -0.15) is 0 Å². The molecule has 60 valence electrons. The number of hydrogen-bond acceptors (Lipinski definition) is 4. The molecule has 0 rings (SSSR count). The molecule has 4 nitrogen and oxygen atoms in total. The zero-order chi connectivity index (χ0) is 8.15. The van der Waals surface area contributed by atoms with Crippen LogP contribution in [0.2, 0.25) is 0 Å². The predicted octanol–water partition coefficient (Wildman–Crippen LogP) is -1.46. The van der Waals surface area contributed by atoms with E-state index in [-0.39, 0.29) is 6.61 Å². The Hall–Kier alpha value is -0.450. The van der Waals surface area contributed by atoms with Crippen LogP contribution in [0.15, 0.2) is 0 Å². The summed E-state index contributed by atoms with van der Waals surface area (Å²) in [6, 6.07) is 0. The molecule has 2 atom stereocenters. The van der Waals surface area contributed by atoms with Crippen LogP contribution in [-0.4, -0.2) is 40.4 Å². The molecule has 0 aliphatic heterocycles. The quantitative estimate of drug-likeness (QED) is 0.455. The average Bonchev–Trinajstić information content (AvgIpc) is 2.00. The van der Waals surface area contributed by atoms with Crippen LogP contribution in [0.3, 0.4) is 0 Å². The molecule has 0 aliphatic rings. The van der Waals surface area contributed by atoms with E-state index in [0.29, 0.717) is 0 Å². The summed E-state index contributed by atoms with van der Waals surface area (Å²) in [5.74, 6) is -1.15. The molecule has 0 amide bonds. The number of hydrogen-bond donors (Lipinski definition) is 3. The second-order valence-electron chi connectivity index (χ2n) is 2.23. The Labute approximate surface area is 59.1 Å². The summed E-state index contributed by atoms with van der Waals surface area (Å²) in [4.78, 5) is 10.5. The van der Waals surface area contributed by atoms with E-state index in [0.717, 1.165) is 0 Å². The summed E-state index contributed by atoms with van der Waals surface area (Å²) in [7, 11) is 0. The Morgan fingerprint density at radius 1 is 1.50 bits per heavy atom. The lowest BCUT2D eigenvalue weighted by Crippen LogP contribution is -2.31. The lowest BCUT2D eigenvalue weighted by atomic mass is 10.0. The highest BCUT2D eigenvalue weighted by molar-refractivity contribution is 5.83. The lowest BCUT2D eigenvalue weighted by Gasteiger charge is -2.12. The largest absolute Gasteiger partial charge is 0.396 e. The summed E-state index contributed by atoms with van der Waals surface area (Å²) in [6.07, 6.45) is -1.24. The van der Waals surface area contributed by atoms with Gasteiger partial charge in [-0.3, -0.25) is 4.79 Å². The van der Waals surface area contributed by atoms with E-state index < -0.39 is 24.4 Å². The number of ketones is 1. The van der Waals surface area contributed by atoms with Crippen LogP contribution in [0.4, 0.5) is 0 Å². The molecule has 0 heterocycles. The molecule has 0 aromatic heterocycles. The van der Waals surface area contributed by atoms with E-state index in [2.05, 4.69) is 0 Å². The maximum atomic E-state index is 10.5. The van der Waals surface area contributed by atoms with E-state index in [4.69, 9.17) is 15.3 Å². The van der Waals surface area contributed by atoms with E-state index in [9.17, 15) is 4.79 Å².